The predicted octanol–water partition coefficient (Wildman–Crippen LogP) is 3.89. The lowest BCUT2D eigenvalue weighted by Crippen LogP contribution is -2.57. The van der Waals surface area contributed by atoms with Crippen LogP contribution in [0.3, 0.4) is 0 Å². The van der Waals surface area contributed by atoms with E-state index in [-0.39, 0.29) is 12.1 Å². The Balaban J connectivity index is 1.83. The molecule has 0 N–H and O–H groups in total. The molecule has 8 heteroatoms. The van der Waals surface area contributed by atoms with Crippen LogP contribution in [0.5, 0.6) is 0 Å². The maximum absolute atomic E-state index is 12.7. The molecule has 142 valence electrons. The van der Waals surface area contributed by atoms with Gasteiger partial charge in [0, 0.05) is 6.20 Å². The highest BCUT2D eigenvalue weighted by Crippen LogP contribution is 2.34. The van der Waals surface area contributed by atoms with E-state index in [0.717, 1.165) is 17.8 Å². The number of fused-ring (bicyclic) bond motifs is 2. The van der Waals surface area contributed by atoms with Crippen molar-refractivity contribution in [3.8, 4) is 0 Å². The number of ether oxygens (including phenoxy) is 2. The Labute approximate surface area is 149 Å². The molecule has 0 aliphatic carbocycles. The van der Waals surface area contributed by atoms with Gasteiger partial charge in [-0.1, -0.05) is 6.08 Å². The van der Waals surface area contributed by atoms with E-state index in [1.54, 1.807) is 25.7 Å². The van der Waals surface area contributed by atoms with Gasteiger partial charge in [0.15, 0.2) is 0 Å². The van der Waals surface area contributed by atoms with Crippen LogP contribution < -0.4 is 0 Å². The van der Waals surface area contributed by atoms with Crippen LogP contribution >= 0.6 is 0 Å². The van der Waals surface area contributed by atoms with Crippen LogP contribution in [0.15, 0.2) is 24.4 Å². The van der Waals surface area contributed by atoms with Gasteiger partial charge >= 0.3 is 12.3 Å². The number of hydrogen-bond donors (Lipinski definition) is 0. The predicted molar refractivity (Wildman–Crippen MR) is 88.3 cm³/mol. The molecule has 2 aliphatic rings. The zero-order valence-electron chi connectivity index (χ0n) is 14.8. The van der Waals surface area contributed by atoms with E-state index >= 15 is 0 Å². The number of pyridine rings is 1. The van der Waals surface area contributed by atoms with Crippen LogP contribution in [0.4, 0.5) is 18.0 Å². The van der Waals surface area contributed by atoms with Gasteiger partial charge in [-0.15, -0.1) is 0 Å². The Morgan fingerprint density at radius 3 is 2.54 bits per heavy atom. The molecule has 1 aromatic heterocycles. The number of morpholine rings is 1. The number of amides is 1. The van der Waals surface area contributed by atoms with Crippen molar-refractivity contribution in [3.05, 3.63) is 35.7 Å². The second-order valence-corrected chi connectivity index (χ2v) is 7.47. The van der Waals surface area contributed by atoms with Gasteiger partial charge in [-0.05, 0) is 44.9 Å². The van der Waals surface area contributed by atoms with E-state index in [2.05, 4.69) is 4.98 Å². The normalized spacial score (nSPS) is 23.5. The molecule has 3 rings (SSSR count). The van der Waals surface area contributed by atoms with Gasteiger partial charge in [0.25, 0.3) is 0 Å². The molecule has 0 aromatic carbocycles. The maximum atomic E-state index is 12.7. The van der Waals surface area contributed by atoms with Crippen LogP contribution in [0.25, 0.3) is 5.57 Å². The molecule has 0 saturated carbocycles. The molecular weight excluding hydrogens is 349 g/mol. The first-order chi connectivity index (χ1) is 12.0. The standard InChI is InChI=1S/C18H21F3N2O3/c1-17(2,3)26-16(24)23-13-6-11(7-14(23)10-25-9-13)15-5-4-12(8-22-15)18(19,20)21/h4-6,8,13-14H,7,9-10H2,1-3H3. The summed E-state index contributed by atoms with van der Waals surface area (Å²) < 4.78 is 49.1. The first-order valence-electron chi connectivity index (χ1n) is 8.38. The largest absolute Gasteiger partial charge is 0.444 e. The summed E-state index contributed by atoms with van der Waals surface area (Å²) in [5.74, 6) is 0. The van der Waals surface area contributed by atoms with Crippen LogP contribution in [0.2, 0.25) is 0 Å². The van der Waals surface area contributed by atoms with Crippen molar-refractivity contribution in [1.29, 1.82) is 0 Å². The molecule has 2 bridgehead atoms. The Hall–Kier alpha value is -2.09. The highest BCUT2D eigenvalue weighted by Gasteiger charge is 2.40. The summed E-state index contributed by atoms with van der Waals surface area (Å²) in [5, 5.41) is 0. The summed E-state index contributed by atoms with van der Waals surface area (Å²) in [6.45, 7) is 6.07. The molecular formula is C18H21F3N2O3. The minimum absolute atomic E-state index is 0.229. The number of hydrogen-bond acceptors (Lipinski definition) is 4. The Morgan fingerprint density at radius 1 is 1.27 bits per heavy atom. The second kappa shape index (κ2) is 6.57. The molecule has 3 heterocycles. The summed E-state index contributed by atoms with van der Waals surface area (Å²) in [7, 11) is 0. The average molecular weight is 370 g/mol. The number of nitrogens with zero attached hydrogens (tertiary/aromatic N) is 2. The van der Waals surface area contributed by atoms with E-state index in [4.69, 9.17) is 9.47 Å². The number of alkyl halides is 3. The number of aromatic nitrogens is 1. The second-order valence-electron chi connectivity index (χ2n) is 7.47. The van der Waals surface area contributed by atoms with E-state index in [1.807, 2.05) is 6.08 Å². The van der Waals surface area contributed by atoms with Crippen molar-refractivity contribution in [1.82, 2.24) is 9.88 Å². The van der Waals surface area contributed by atoms with E-state index in [0.29, 0.717) is 25.3 Å². The number of carbonyl (C=O) groups excluding carboxylic acids is 1. The van der Waals surface area contributed by atoms with Gasteiger partial charge in [0.2, 0.25) is 0 Å². The minimum atomic E-state index is -4.41. The van der Waals surface area contributed by atoms with Crippen molar-refractivity contribution in [2.45, 2.75) is 51.1 Å². The molecule has 0 radical (unpaired) electrons. The molecule has 1 fully saturated rings. The zero-order chi connectivity index (χ0) is 19.1. The summed E-state index contributed by atoms with van der Waals surface area (Å²) in [4.78, 5) is 18.1. The quantitative estimate of drug-likeness (QED) is 0.753. The average Bonchev–Trinajstić information content (AvgIpc) is 2.51. The molecule has 5 nitrogen and oxygen atoms in total. The first kappa shape index (κ1) is 18.7. The molecule has 0 spiro atoms. The maximum Gasteiger partial charge on any atom is 0.417 e. The van der Waals surface area contributed by atoms with Gasteiger partial charge < -0.3 is 9.47 Å². The lowest BCUT2D eigenvalue weighted by Gasteiger charge is -2.44. The fraction of sp³-hybridized carbons (Fsp3) is 0.556. The minimum Gasteiger partial charge on any atom is -0.444 e. The molecule has 2 atom stereocenters. The molecule has 1 saturated heterocycles. The lowest BCUT2D eigenvalue weighted by atomic mass is 9.92. The van der Waals surface area contributed by atoms with Crippen LogP contribution in [-0.4, -0.2) is 46.9 Å². The highest BCUT2D eigenvalue weighted by molar-refractivity contribution is 5.74. The molecule has 2 unspecified atom stereocenters. The topological polar surface area (TPSA) is 51.7 Å². The van der Waals surface area contributed by atoms with E-state index < -0.39 is 23.4 Å². The smallest absolute Gasteiger partial charge is 0.417 e. The summed E-state index contributed by atoms with van der Waals surface area (Å²) >= 11 is 0. The molecule has 1 aromatic rings. The Bertz CT molecular complexity index is 708. The summed E-state index contributed by atoms with van der Waals surface area (Å²) in [6, 6.07) is 1.84. The lowest BCUT2D eigenvalue weighted by molar-refractivity contribution is -0.137. The SMILES string of the molecule is CC(C)(C)OC(=O)N1C2C=C(c3ccc(C(F)(F)F)cn3)CC1COC2. The molecule has 2 aliphatic heterocycles. The van der Waals surface area contributed by atoms with Gasteiger partial charge in [-0.3, -0.25) is 9.88 Å². The Kier molecular flexibility index (Phi) is 4.72. The molecule has 1 amide bonds. The molecule has 26 heavy (non-hydrogen) atoms. The fourth-order valence-electron chi connectivity index (χ4n) is 3.14. The van der Waals surface area contributed by atoms with Crippen molar-refractivity contribution in [2.75, 3.05) is 13.2 Å². The monoisotopic (exact) mass is 370 g/mol. The number of carbonyl (C=O) groups is 1. The van der Waals surface area contributed by atoms with Crippen molar-refractivity contribution < 1.29 is 27.4 Å². The van der Waals surface area contributed by atoms with Gasteiger partial charge in [0.05, 0.1) is 36.6 Å². The van der Waals surface area contributed by atoms with Gasteiger partial charge in [0.1, 0.15) is 5.60 Å². The van der Waals surface area contributed by atoms with Crippen LogP contribution in [-0.2, 0) is 15.7 Å². The highest BCUT2D eigenvalue weighted by atomic mass is 19.4. The van der Waals surface area contributed by atoms with Crippen molar-refractivity contribution in [3.63, 3.8) is 0 Å². The van der Waals surface area contributed by atoms with Crippen LogP contribution in [0.1, 0.15) is 38.4 Å². The first-order valence-corrected chi connectivity index (χ1v) is 8.38. The van der Waals surface area contributed by atoms with Crippen molar-refractivity contribution in [2.24, 2.45) is 0 Å². The third-order valence-electron chi connectivity index (χ3n) is 4.22. The van der Waals surface area contributed by atoms with E-state index in [1.165, 1.54) is 6.07 Å². The third-order valence-corrected chi connectivity index (χ3v) is 4.22. The van der Waals surface area contributed by atoms with Gasteiger partial charge in [-0.25, -0.2) is 4.79 Å². The van der Waals surface area contributed by atoms with Crippen molar-refractivity contribution >= 4 is 11.7 Å². The Morgan fingerprint density at radius 2 is 2.00 bits per heavy atom. The number of rotatable bonds is 1. The summed E-state index contributed by atoms with van der Waals surface area (Å²) in [6.07, 6.45) is -1.71. The zero-order valence-corrected chi connectivity index (χ0v) is 14.8. The van der Waals surface area contributed by atoms with E-state index in [9.17, 15) is 18.0 Å². The fourth-order valence-corrected chi connectivity index (χ4v) is 3.14. The van der Waals surface area contributed by atoms with Gasteiger partial charge in [-0.2, -0.15) is 13.2 Å². The van der Waals surface area contributed by atoms with Crippen LogP contribution in [0, 0.1) is 0 Å². The number of halogens is 3. The summed E-state index contributed by atoms with van der Waals surface area (Å²) in [5.41, 5.74) is -0.0854. The third kappa shape index (κ3) is 4.00.